The average Bonchev–Trinajstić information content (AvgIpc) is 3.08. The molecule has 0 unspecified atom stereocenters. The Labute approximate surface area is 184 Å². The second-order valence-electron chi connectivity index (χ2n) is 6.60. The van der Waals surface area contributed by atoms with Crippen LogP contribution in [0, 0.1) is 13.8 Å². The first-order valence-corrected chi connectivity index (χ1v) is 11.6. The summed E-state index contributed by atoms with van der Waals surface area (Å²) in [6.07, 6.45) is 0. The van der Waals surface area contributed by atoms with E-state index in [1.165, 1.54) is 12.1 Å². The van der Waals surface area contributed by atoms with Crippen molar-refractivity contribution in [3.05, 3.63) is 70.2 Å². The third-order valence-corrected chi connectivity index (χ3v) is 6.77. The number of nitrogens with one attached hydrogen (secondary N) is 2. The van der Waals surface area contributed by atoms with Gasteiger partial charge in [-0.15, -0.1) is 0 Å². The number of anilines is 2. The summed E-state index contributed by atoms with van der Waals surface area (Å²) in [5.74, 6) is -0.871. The average molecular weight is 460 g/mol. The molecule has 31 heavy (non-hydrogen) atoms. The van der Waals surface area contributed by atoms with Crippen molar-refractivity contribution in [2.45, 2.75) is 25.7 Å². The highest BCUT2D eigenvalue weighted by Gasteiger charge is 2.20. The number of carbonyl (C=O) groups is 2. The molecule has 0 aliphatic heterocycles. The number of esters is 1. The van der Waals surface area contributed by atoms with Crippen molar-refractivity contribution in [2.24, 2.45) is 0 Å². The highest BCUT2D eigenvalue weighted by Crippen LogP contribution is 2.26. The van der Waals surface area contributed by atoms with Crippen molar-refractivity contribution >= 4 is 44.1 Å². The lowest BCUT2D eigenvalue weighted by Gasteiger charge is -2.06. The number of hydrogen-bond acceptors (Lipinski definition) is 7. The van der Waals surface area contributed by atoms with Gasteiger partial charge in [0.15, 0.2) is 5.13 Å². The molecule has 1 amide bonds. The Bertz CT molecular complexity index is 1200. The van der Waals surface area contributed by atoms with E-state index in [0.717, 1.165) is 16.9 Å². The molecule has 2 aromatic carbocycles. The molecule has 3 aromatic rings. The fourth-order valence-corrected chi connectivity index (χ4v) is 4.73. The summed E-state index contributed by atoms with van der Waals surface area (Å²) in [5.41, 5.74) is 2.19. The van der Waals surface area contributed by atoms with Gasteiger partial charge in [-0.1, -0.05) is 29.0 Å². The number of nitrogens with zero attached hydrogens (tertiary/aromatic N) is 1. The lowest BCUT2D eigenvalue weighted by molar-refractivity contribution is 0.0526. The van der Waals surface area contributed by atoms with Crippen molar-refractivity contribution in [2.75, 3.05) is 16.6 Å². The second kappa shape index (κ2) is 9.27. The molecule has 3 rings (SSSR count). The first-order valence-electron chi connectivity index (χ1n) is 9.35. The van der Waals surface area contributed by atoms with Gasteiger partial charge in [-0.05, 0) is 57.2 Å². The summed E-state index contributed by atoms with van der Waals surface area (Å²) >= 11 is 0.939. The molecule has 2 N–H and O–H groups in total. The number of ether oxygens (including phenoxy) is 1. The summed E-state index contributed by atoms with van der Waals surface area (Å²) in [7, 11) is -3.81. The summed E-state index contributed by atoms with van der Waals surface area (Å²) < 4.78 is 32.4. The fourth-order valence-electron chi connectivity index (χ4n) is 2.63. The molecular weight excluding hydrogens is 438 g/mol. The number of carbonyl (C=O) groups excluding carboxylic acids is 2. The van der Waals surface area contributed by atoms with Crippen molar-refractivity contribution in [3.8, 4) is 0 Å². The predicted octanol–water partition coefficient (Wildman–Crippen LogP) is 3.99. The Morgan fingerprint density at radius 3 is 2.29 bits per heavy atom. The molecule has 0 bridgehead atoms. The van der Waals surface area contributed by atoms with E-state index in [1.807, 2.05) is 6.92 Å². The van der Waals surface area contributed by atoms with E-state index in [0.29, 0.717) is 16.9 Å². The Morgan fingerprint density at radius 1 is 1.03 bits per heavy atom. The van der Waals surface area contributed by atoms with Crippen LogP contribution in [-0.2, 0) is 14.8 Å². The molecular formula is C21H21N3O5S2. The van der Waals surface area contributed by atoms with Gasteiger partial charge in [0, 0.05) is 5.69 Å². The molecule has 0 radical (unpaired) electrons. The Balaban J connectivity index is 1.72. The first-order chi connectivity index (χ1) is 14.7. The normalized spacial score (nSPS) is 11.1. The van der Waals surface area contributed by atoms with E-state index in [1.54, 1.807) is 50.2 Å². The quantitative estimate of drug-likeness (QED) is 0.516. The smallest absolute Gasteiger partial charge is 0.338 e. The zero-order valence-electron chi connectivity index (χ0n) is 17.1. The van der Waals surface area contributed by atoms with Gasteiger partial charge in [-0.2, -0.15) is 0 Å². The molecule has 10 heteroatoms. The van der Waals surface area contributed by atoms with Crippen LogP contribution in [0.25, 0.3) is 0 Å². The van der Waals surface area contributed by atoms with E-state index in [4.69, 9.17) is 4.74 Å². The molecule has 0 saturated heterocycles. The molecule has 0 aliphatic carbocycles. The number of benzene rings is 2. The predicted molar refractivity (Wildman–Crippen MR) is 119 cm³/mol. The monoisotopic (exact) mass is 459 g/mol. The van der Waals surface area contributed by atoms with Crippen LogP contribution in [-0.4, -0.2) is 31.9 Å². The number of thiazole rings is 1. The maximum atomic E-state index is 12.6. The van der Waals surface area contributed by atoms with Crippen LogP contribution in [0.15, 0.2) is 53.4 Å². The third-order valence-electron chi connectivity index (χ3n) is 4.21. The van der Waals surface area contributed by atoms with E-state index in [-0.39, 0.29) is 21.5 Å². The molecule has 0 aliphatic rings. The van der Waals surface area contributed by atoms with Crippen LogP contribution in [0.2, 0.25) is 0 Å². The van der Waals surface area contributed by atoms with Crippen LogP contribution < -0.4 is 10.0 Å². The molecule has 162 valence electrons. The van der Waals surface area contributed by atoms with Crippen molar-refractivity contribution in [3.63, 3.8) is 0 Å². The number of rotatable bonds is 7. The molecule has 0 saturated carbocycles. The fraction of sp³-hybridized carbons (Fsp3) is 0.190. The van der Waals surface area contributed by atoms with E-state index >= 15 is 0 Å². The lowest BCUT2D eigenvalue weighted by atomic mass is 10.2. The van der Waals surface area contributed by atoms with Gasteiger partial charge in [0.2, 0.25) is 0 Å². The largest absolute Gasteiger partial charge is 0.462 e. The van der Waals surface area contributed by atoms with Crippen molar-refractivity contribution < 1.29 is 22.7 Å². The van der Waals surface area contributed by atoms with Crippen LogP contribution >= 0.6 is 11.3 Å². The Hall–Kier alpha value is -3.24. The molecule has 0 spiro atoms. The Morgan fingerprint density at radius 2 is 1.68 bits per heavy atom. The third kappa shape index (κ3) is 5.47. The zero-order chi connectivity index (χ0) is 22.6. The van der Waals surface area contributed by atoms with E-state index in [9.17, 15) is 18.0 Å². The van der Waals surface area contributed by atoms with Crippen LogP contribution in [0.5, 0.6) is 0 Å². The summed E-state index contributed by atoms with van der Waals surface area (Å²) in [6, 6.07) is 12.7. The maximum absolute atomic E-state index is 12.6. The van der Waals surface area contributed by atoms with Gasteiger partial charge < -0.3 is 10.1 Å². The van der Waals surface area contributed by atoms with Gasteiger partial charge in [0.1, 0.15) is 4.88 Å². The van der Waals surface area contributed by atoms with Gasteiger partial charge in [-0.3, -0.25) is 9.52 Å². The Kier molecular flexibility index (Phi) is 6.71. The number of hydrogen-bond donors (Lipinski definition) is 2. The van der Waals surface area contributed by atoms with Gasteiger partial charge in [-0.25, -0.2) is 18.2 Å². The second-order valence-corrected chi connectivity index (χ2v) is 9.29. The molecule has 1 aromatic heterocycles. The topological polar surface area (TPSA) is 114 Å². The summed E-state index contributed by atoms with van der Waals surface area (Å²) in [4.78, 5) is 28.9. The number of sulfonamides is 1. The SMILES string of the molecule is CCOC(=O)c1ccc(NC(=O)c2sc(NS(=O)(=O)c3ccc(C)cc3)nc2C)cc1. The molecule has 1 heterocycles. The van der Waals surface area contributed by atoms with Crippen LogP contribution in [0.1, 0.15) is 38.2 Å². The van der Waals surface area contributed by atoms with Crippen LogP contribution in [0.3, 0.4) is 0 Å². The first kappa shape index (κ1) is 22.4. The summed E-state index contributed by atoms with van der Waals surface area (Å²) in [5, 5.41) is 2.81. The van der Waals surface area contributed by atoms with Crippen molar-refractivity contribution in [1.82, 2.24) is 4.98 Å². The standard InChI is InChI=1S/C21H21N3O5S2/c1-4-29-20(26)15-7-9-16(10-8-15)23-19(25)18-14(3)22-21(30-18)24-31(27,28)17-11-5-13(2)6-12-17/h5-12H,4H2,1-3H3,(H,22,24)(H,23,25). The number of aromatic nitrogens is 1. The van der Waals surface area contributed by atoms with Gasteiger partial charge in [0.25, 0.3) is 15.9 Å². The molecule has 8 nitrogen and oxygen atoms in total. The van der Waals surface area contributed by atoms with Crippen molar-refractivity contribution in [1.29, 1.82) is 0 Å². The van der Waals surface area contributed by atoms with Crippen LogP contribution in [0.4, 0.5) is 10.8 Å². The molecule has 0 fully saturated rings. The summed E-state index contributed by atoms with van der Waals surface area (Å²) in [6.45, 7) is 5.49. The van der Waals surface area contributed by atoms with E-state index in [2.05, 4.69) is 15.0 Å². The number of aryl methyl sites for hydroxylation is 2. The molecule has 0 atom stereocenters. The minimum Gasteiger partial charge on any atom is -0.462 e. The van der Waals surface area contributed by atoms with Gasteiger partial charge in [0.05, 0.1) is 22.8 Å². The highest BCUT2D eigenvalue weighted by molar-refractivity contribution is 7.93. The van der Waals surface area contributed by atoms with Gasteiger partial charge >= 0.3 is 5.97 Å². The highest BCUT2D eigenvalue weighted by atomic mass is 32.2. The van der Waals surface area contributed by atoms with E-state index < -0.39 is 21.9 Å². The zero-order valence-corrected chi connectivity index (χ0v) is 18.8. The minimum atomic E-state index is -3.81. The minimum absolute atomic E-state index is 0.0980. The maximum Gasteiger partial charge on any atom is 0.338 e. The lowest BCUT2D eigenvalue weighted by Crippen LogP contribution is -2.12. The number of amides is 1.